The topological polar surface area (TPSA) is 72.4 Å². The van der Waals surface area contributed by atoms with Gasteiger partial charge < -0.3 is 14.6 Å². The Bertz CT molecular complexity index is 538. The highest BCUT2D eigenvalue weighted by Gasteiger charge is 2.21. The minimum atomic E-state index is -3.52. The summed E-state index contributed by atoms with van der Waals surface area (Å²) in [6, 6.07) is 1.66. The predicted octanol–water partition coefficient (Wildman–Crippen LogP) is 1.49. The van der Waals surface area contributed by atoms with Gasteiger partial charge in [-0.15, -0.1) is 0 Å². The first-order chi connectivity index (χ1) is 9.81. The summed E-state index contributed by atoms with van der Waals surface area (Å²) < 4.78 is 34.6. The Morgan fingerprint density at radius 2 is 2.00 bits per heavy atom. The maximum Gasteiger partial charge on any atom is 0.242 e. The lowest BCUT2D eigenvalue weighted by molar-refractivity contribution is 0.133. The Morgan fingerprint density at radius 1 is 1.33 bits per heavy atom. The summed E-state index contributed by atoms with van der Waals surface area (Å²) in [6.07, 6.45) is 1.69. The minimum Gasteiger partial charge on any atom is -0.380 e. The maximum absolute atomic E-state index is 12.4. The van der Waals surface area contributed by atoms with Crippen molar-refractivity contribution < 1.29 is 13.2 Å². The summed E-state index contributed by atoms with van der Waals surface area (Å²) in [6.45, 7) is 9.30. The Balaban J connectivity index is 2.95. The van der Waals surface area contributed by atoms with Crippen molar-refractivity contribution in [1.29, 1.82) is 0 Å². The molecule has 0 aromatic carbocycles. The van der Waals surface area contributed by atoms with Gasteiger partial charge in [0, 0.05) is 37.1 Å². The molecule has 0 amide bonds. The van der Waals surface area contributed by atoms with E-state index in [1.807, 2.05) is 32.4 Å². The molecule has 6 nitrogen and oxygen atoms in total. The van der Waals surface area contributed by atoms with E-state index in [1.165, 1.54) is 0 Å². The summed E-state index contributed by atoms with van der Waals surface area (Å²) in [7, 11) is -1.68. The van der Waals surface area contributed by atoms with E-state index in [-0.39, 0.29) is 12.1 Å². The van der Waals surface area contributed by atoms with E-state index in [1.54, 1.807) is 19.2 Å². The zero-order valence-corrected chi connectivity index (χ0v) is 14.3. The van der Waals surface area contributed by atoms with Crippen LogP contribution in [0.25, 0.3) is 0 Å². The second-order valence-electron chi connectivity index (χ2n) is 5.38. The van der Waals surface area contributed by atoms with Crippen molar-refractivity contribution in [3.63, 3.8) is 0 Å². The van der Waals surface area contributed by atoms with Gasteiger partial charge in [0.2, 0.25) is 10.0 Å². The molecule has 0 aliphatic rings. The highest BCUT2D eigenvalue weighted by Crippen LogP contribution is 2.19. The average Bonchev–Trinajstić information content (AvgIpc) is 2.81. The van der Waals surface area contributed by atoms with E-state index in [9.17, 15) is 8.42 Å². The molecule has 0 spiro atoms. The fraction of sp³-hybridized carbons (Fsp3) is 0.714. The van der Waals surface area contributed by atoms with Crippen molar-refractivity contribution in [3.05, 3.63) is 18.0 Å². The molecule has 21 heavy (non-hydrogen) atoms. The quantitative estimate of drug-likeness (QED) is 0.724. The molecule has 1 rings (SSSR count). The SMILES string of the molecule is CCOCC(C)NS(=O)(=O)c1cc(CNC)n(C(C)C)c1. The van der Waals surface area contributed by atoms with E-state index >= 15 is 0 Å². The summed E-state index contributed by atoms with van der Waals surface area (Å²) in [4.78, 5) is 0.296. The molecule has 0 aliphatic heterocycles. The molecule has 1 atom stereocenters. The number of hydrogen-bond donors (Lipinski definition) is 2. The summed E-state index contributed by atoms with van der Waals surface area (Å²) in [5, 5.41) is 3.06. The van der Waals surface area contributed by atoms with Gasteiger partial charge in [-0.25, -0.2) is 13.1 Å². The van der Waals surface area contributed by atoms with E-state index in [0.29, 0.717) is 24.7 Å². The zero-order valence-electron chi connectivity index (χ0n) is 13.5. The van der Waals surface area contributed by atoms with Crippen LogP contribution in [0.15, 0.2) is 17.2 Å². The second kappa shape index (κ2) is 7.93. The molecule has 1 aromatic rings. The van der Waals surface area contributed by atoms with Gasteiger partial charge in [0.1, 0.15) is 0 Å². The van der Waals surface area contributed by atoms with Crippen molar-refractivity contribution >= 4 is 10.0 Å². The van der Waals surface area contributed by atoms with Crippen molar-refractivity contribution in [3.8, 4) is 0 Å². The van der Waals surface area contributed by atoms with Crippen LogP contribution in [-0.4, -0.2) is 39.3 Å². The Hall–Kier alpha value is -0.890. The average molecular weight is 317 g/mol. The lowest BCUT2D eigenvalue weighted by Crippen LogP contribution is -2.35. The normalized spacial score (nSPS) is 13.8. The van der Waals surface area contributed by atoms with Crippen molar-refractivity contribution in [2.24, 2.45) is 0 Å². The lowest BCUT2D eigenvalue weighted by Gasteiger charge is -2.13. The molecule has 1 aromatic heterocycles. The van der Waals surface area contributed by atoms with Gasteiger partial charge in [-0.3, -0.25) is 0 Å². The number of rotatable bonds is 9. The van der Waals surface area contributed by atoms with Crippen molar-refractivity contribution in [1.82, 2.24) is 14.6 Å². The Kier molecular flexibility index (Phi) is 6.86. The van der Waals surface area contributed by atoms with Gasteiger partial charge >= 0.3 is 0 Å². The molecule has 0 bridgehead atoms. The largest absolute Gasteiger partial charge is 0.380 e. The third kappa shape index (κ3) is 5.10. The molecule has 1 heterocycles. The second-order valence-corrected chi connectivity index (χ2v) is 7.09. The van der Waals surface area contributed by atoms with Gasteiger partial charge in [-0.2, -0.15) is 0 Å². The van der Waals surface area contributed by atoms with Gasteiger partial charge in [-0.05, 0) is 40.8 Å². The molecule has 0 saturated carbocycles. The third-order valence-corrected chi connectivity index (χ3v) is 4.62. The van der Waals surface area contributed by atoms with E-state index in [4.69, 9.17) is 4.74 Å². The van der Waals surface area contributed by atoms with Gasteiger partial charge in [0.15, 0.2) is 0 Å². The van der Waals surface area contributed by atoms with E-state index in [0.717, 1.165) is 5.69 Å². The fourth-order valence-corrected chi connectivity index (χ4v) is 3.39. The van der Waals surface area contributed by atoms with Crippen molar-refractivity contribution in [2.75, 3.05) is 20.3 Å². The molecule has 122 valence electrons. The minimum absolute atomic E-state index is 0.207. The van der Waals surface area contributed by atoms with E-state index in [2.05, 4.69) is 10.0 Å². The van der Waals surface area contributed by atoms with Crippen LogP contribution < -0.4 is 10.0 Å². The van der Waals surface area contributed by atoms with Crippen LogP contribution in [0.4, 0.5) is 0 Å². The van der Waals surface area contributed by atoms with Gasteiger partial charge in [0.25, 0.3) is 0 Å². The molecule has 0 radical (unpaired) electrons. The first kappa shape index (κ1) is 18.2. The summed E-state index contributed by atoms with van der Waals surface area (Å²) in [5.41, 5.74) is 0.949. The number of hydrogen-bond acceptors (Lipinski definition) is 4. The zero-order chi connectivity index (χ0) is 16.0. The van der Waals surface area contributed by atoms with Crippen LogP contribution in [-0.2, 0) is 21.3 Å². The number of nitrogens with zero attached hydrogens (tertiary/aromatic N) is 1. The van der Waals surface area contributed by atoms with E-state index < -0.39 is 10.0 Å². The van der Waals surface area contributed by atoms with Gasteiger partial charge in [-0.1, -0.05) is 0 Å². The van der Waals surface area contributed by atoms with Crippen LogP contribution >= 0.6 is 0 Å². The lowest BCUT2D eigenvalue weighted by atomic mass is 10.3. The third-order valence-electron chi connectivity index (χ3n) is 3.06. The highest BCUT2D eigenvalue weighted by molar-refractivity contribution is 7.89. The first-order valence-corrected chi connectivity index (χ1v) is 8.75. The smallest absolute Gasteiger partial charge is 0.242 e. The molecule has 0 aliphatic carbocycles. The molecule has 7 heteroatoms. The fourth-order valence-electron chi connectivity index (χ4n) is 2.11. The van der Waals surface area contributed by atoms with Crippen LogP contribution in [0.5, 0.6) is 0 Å². The highest BCUT2D eigenvalue weighted by atomic mass is 32.2. The number of nitrogens with one attached hydrogen (secondary N) is 2. The number of aromatic nitrogens is 1. The van der Waals surface area contributed by atoms with Crippen molar-refractivity contribution in [2.45, 2.75) is 51.2 Å². The Morgan fingerprint density at radius 3 is 2.52 bits per heavy atom. The van der Waals surface area contributed by atoms with Gasteiger partial charge in [0.05, 0.1) is 11.5 Å². The van der Waals surface area contributed by atoms with Crippen LogP contribution in [0, 0.1) is 0 Å². The van der Waals surface area contributed by atoms with Crippen LogP contribution in [0.1, 0.15) is 39.4 Å². The monoisotopic (exact) mass is 317 g/mol. The number of sulfonamides is 1. The molecule has 0 saturated heterocycles. The summed E-state index contributed by atoms with van der Waals surface area (Å²) in [5.74, 6) is 0. The molecular formula is C14H27N3O3S. The number of ether oxygens (including phenoxy) is 1. The molecular weight excluding hydrogens is 290 g/mol. The first-order valence-electron chi connectivity index (χ1n) is 7.27. The molecule has 1 unspecified atom stereocenters. The van der Waals surface area contributed by atoms with Crippen LogP contribution in [0.2, 0.25) is 0 Å². The molecule has 0 fully saturated rings. The summed E-state index contributed by atoms with van der Waals surface area (Å²) >= 11 is 0. The maximum atomic E-state index is 12.4. The Labute approximate surface area is 127 Å². The standard InChI is InChI=1S/C14H27N3O3S/c1-6-20-10-12(4)16-21(18,19)14-7-13(8-15-5)17(9-14)11(2)3/h7,9,11-12,15-16H,6,8,10H2,1-5H3. The van der Waals surface area contributed by atoms with Crippen LogP contribution in [0.3, 0.4) is 0 Å². The molecule has 2 N–H and O–H groups in total. The predicted molar refractivity (Wildman–Crippen MR) is 83.9 cm³/mol.